The van der Waals surface area contributed by atoms with Crippen LogP contribution in [-0.4, -0.2) is 42.8 Å². The first-order valence-electron chi connectivity index (χ1n) is 7.22. The molecule has 1 saturated heterocycles. The zero-order valence-corrected chi connectivity index (χ0v) is 12.3. The summed E-state index contributed by atoms with van der Waals surface area (Å²) in [6.45, 7) is 1.71. The molecule has 2 rings (SSSR count). The molecule has 1 heterocycles. The molecule has 0 aromatic heterocycles. The zero-order chi connectivity index (χ0) is 15.1. The number of benzene rings is 1. The first-order valence-corrected chi connectivity index (χ1v) is 7.22. The number of hydrogen-bond acceptors (Lipinski definition) is 3. The van der Waals surface area contributed by atoms with Crippen molar-refractivity contribution in [3.05, 3.63) is 35.4 Å². The molecule has 4 nitrogen and oxygen atoms in total. The third kappa shape index (κ3) is 4.59. The molecule has 1 atom stereocenters. The average Bonchev–Trinajstić information content (AvgIpc) is 2.53. The summed E-state index contributed by atoms with van der Waals surface area (Å²) in [4.78, 5) is 14.1. The van der Waals surface area contributed by atoms with Gasteiger partial charge in [0.05, 0.1) is 12.5 Å². The van der Waals surface area contributed by atoms with Gasteiger partial charge in [-0.05, 0) is 30.5 Å². The van der Waals surface area contributed by atoms with Crippen molar-refractivity contribution in [2.45, 2.75) is 19.4 Å². The Morgan fingerprint density at radius 2 is 2.38 bits per heavy atom. The van der Waals surface area contributed by atoms with Crippen molar-refractivity contribution in [3.8, 4) is 11.8 Å². The minimum atomic E-state index is -0.149. The number of rotatable bonds is 3. The lowest BCUT2D eigenvalue weighted by molar-refractivity contribution is -0.138. The van der Waals surface area contributed by atoms with Crippen molar-refractivity contribution in [3.63, 3.8) is 0 Å². The van der Waals surface area contributed by atoms with Crippen LogP contribution in [0.3, 0.4) is 0 Å². The molecule has 1 aliphatic heterocycles. The second-order valence-corrected chi connectivity index (χ2v) is 5.27. The summed E-state index contributed by atoms with van der Waals surface area (Å²) < 4.78 is 5.38. The Kier molecular flexibility index (Phi) is 5.79. The quantitative estimate of drug-likeness (QED) is 0.855. The summed E-state index contributed by atoms with van der Waals surface area (Å²) in [5.41, 5.74) is 1.88. The highest BCUT2D eigenvalue weighted by atomic mass is 16.5. The van der Waals surface area contributed by atoms with Crippen LogP contribution < -0.4 is 0 Å². The van der Waals surface area contributed by atoms with E-state index in [0.29, 0.717) is 13.2 Å². The van der Waals surface area contributed by atoms with Gasteiger partial charge in [-0.3, -0.25) is 4.79 Å². The maximum Gasteiger partial charge on any atom is 0.228 e. The Labute approximate surface area is 125 Å². The fraction of sp³-hybridized carbons (Fsp3) is 0.471. The molecule has 0 saturated carbocycles. The Balaban J connectivity index is 1.98. The molecule has 1 unspecified atom stereocenters. The number of nitrogens with zero attached hydrogens (tertiary/aromatic N) is 1. The largest absolute Gasteiger partial charge is 0.384 e. The monoisotopic (exact) mass is 287 g/mol. The molecule has 4 heteroatoms. The molecule has 0 aliphatic carbocycles. The molecule has 1 aliphatic rings. The van der Waals surface area contributed by atoms with Crippen molar-refractivity contribution in [1.82, 2.24) is 4.90 Å². The smallest absolute Gasteiger partial charge is 0.228 e. The molecule has 0 radical (unpaired) electrons. The summed E-state index contributed by atoms with van der Waals surface area (Å²) in [6.07, 6.45) is 1.86. The van der Waals surface area contributed by atoms with Crippen LogP contribution in [0.1, 0.15) is 24.0 Å². The molecule has 0 spiro atoms. The average molecular weight is 287 g/mol. The predicted octanol–water partition coefficient (Wildman–Crippen LogP) is 1.42. The molecule has 0 bridgehead atoms. The second-order valence-electron chi connectivity index (χ2n) is 5.27. The van der Waals surface area contributed by atoms with Crippen LogP contribution in [0.5, 0.6) is 0 Å². The maximum atomic E-state index is 12.3. The third-order valence-corrected chi connectivity index (χ3v) is 3.54. The topological polar surface area (TPSA) is 49.8 Å². The molecule has 1 N–H and O–H groups in total. The van der Waals surface area contributed by atoms with Crippen LogP contribution in [0, 0.1) is 17.8 Å². The summed E-state index contributed by atoms with van der Waals surface area (Å²) in [5, 5.41) is 8.72. The van der Waals surface area contributed by atoms with E-state index in [4.69, 9.17) is 9.84 Å². The Morgan fingerprint density at radius 3 is 3.10 bits per heavy atom. The van der Waals surface area contributed by atoms with Gasteiger partial charge >= 0.3 is 0 Å². The Hall–Kier alpha value is -1.83. The fourth-order valence-electron chi connectivity index (χ4n) is 2.49. The lowest BCUT2D eigenvalue weighted by Gasteiger charge is -2.26. The molecule has 1 aromatic rings. The molecule has 1 aromatic carbocycles. The number of amides is 1. The van der Waals surface area contributed by atoms with Crippen LogP contribution >= 0.6 is 0 Å². The van der Waals surface area contributed by atoms with Gasteiger partial charge in [0.15, 0.2) is 0 Å². The summed E-state index contributed by atoms with van der Waals surface area (Å²) in [7, 11) is 1.82. The van der Waals surface area contributed by atoms with E-state index in [2.05, 4.69) is 11.8 Å². The highest BCUT2D eigenvalue weighted by Gasteiger charge is 2.24. The van der Waals surface area contributed by atoms with Gasteiger partial charge in [-0.1, -0.05) is 24.0 Å². The minimum absolute atomic E-state index is 0.0129. The highest BCUT2D eigenvalue weighted by Crippen LogP contribution is 2.17. The number of hydrogen-bond donors (Lipinski definition) is 1. The molecule has 112 valence electrons. The van der Waals surface area contributed by atoms with Gasteiger partial charge in [-0.2, -0.15) is 0 Å². The Morgan fingerprint density at radius 1 is 1.52 bits per heavy atom. The van der Waals surface area contributed by atoms with E-state index >= 15 is 0 Å². The molecular weight excluding hydrogens is 266 g/mol. The van der Waals surface area contributed by atoms with Gasteiger partial charge in [0, 0.05) is 25.8 Å². The maximum absolute atomic E-state index is 12.3. The fourth-order valence-corrected chi connectivity index (χ4v) is 2.49. The third-order valence-electron chi connectivity index (χ3n) is 3.54. The summed E-state index contributed by atoms with van der Waals surface area (Å²) in [6, 6.07) is 7.73. The van der Waals surface area contributed by atoms with E-state index in [1.807, 2.05) is 31.3 Å². The van der Waals surface area contributed by atoms with Crippen molar-refractivity contribution in [1.29, 1.82) is 0 Å². The normalized spacial score (nSPS) is 17.7. The van der Waals surface area contributed by atoms with Crippen molar-refractivity contribution < 1.29 is 14.6 Å². The predicted molar refractivity (Wildman–Crippen MR) is 80.4 cm³/mol. The van der Waals surface area contributed by atoms with Gasteiger partial charge in [0.1, 0.15) is 6.61 Å². The molecular formula is C17H21NO3. The van der Waals surface area contributed by atoms with Crippen molar-refractivity contribution >= 4 is 5.91 Å². The van der Waals surface area contributed by atoms with Crippen LogP contribution in [0.4, 0.5) is 0 Å². The molecule has 21 heavy (non-hydrogen) atoms. The van der Waals surface area contributed by atoms with E-state index in [0.717, 1.165) is 30.6 Å². The molecule has 1 fully saturated rings. The highest BCUT2D eigenvalue weighted by molar-refractivity contribution is 5.78. The Bertz CT molecular complexity index is 538. The van der Waals surface area contributed by atoms with Crippen LogP contribution in [0.25, 0.3) is 0 Å². The van der Waals surface area contributed by atoms with Crippen LogP contribution in [-0.2, 0) is 16.1 Å². The van der Waals surface area contributed by atoms with Crippen LogP contribution in [0.15, 0.2) is 24.3 Å². The van der Waals surface area contributed by atoms with E-state index < -0.39 is 0 Å². The van der Waals surface area contributed by atoms with Crippen molar-refractivity contribution in [2.24, 2.45) is 5.92 Å². The van der Waals surface area contributed by atoms with Gasteiger partial charge in [-0.25, -0.2) is 0 Å². The van der Waals surface area contributed by atoms with Crippen molar-refractivity contribution in [2.75, 3.05) is 26.9 Å². The van der Waals surface area contributed by atoms with E-state index in [-0.39, 0.29) is 18.4 Å². The SMILES string of the molecule is CN(Cc1cccc(C#CCO)c1)C(=O)C1CCCOC1. The van der Waals surface area contributed by atoms with E-state index in [9.17, 15) is 4.79 Å². The summed E-state index contributed by atoms with van der Waals surface area (Å²) >= 11 is 0. The lowest BCUT2D eigenvalue weighted by Crippen LogP contribution is -2.36. The van der Waals surface area contributed by atoms with E-state index in [1.165, 1.54) is 0 Å². The number of aliphatic hydroxyl groups is 1. The van der Waals surface area contributed by atoms with Crippen LogP contribution in [0.2, 0.25) is 0 Å². The zero-order valence-electron chi connectivity index (χ0n) is 12.3. The van der Waals surface area contributed by atoms with Gasteiger partial charge < -0.3 is 14.7 Å². The first kappa shape index (κ1) is 15.6. The molecule has 1 amide bonds. The first-order chi connectivity index (χ1) is 10.2. The number of aliphatic hydroxyl groups excluding tert-OH is 1. The number of carbonyl (C=O) groups excluding carboxylic acids is 1. The second kappa shape index (κ2) is 7.82. The number of carbonyl (C=O) groups is 1. The summed E-state index contributed by atoms with van der Waals surface area (Å²) in [5.74, 6) is 5.63. The minimum Gasteiger partial charge on any atom is -0.384 e. The standard InChI is InChI=1S/C17H21NO3/c1-18(17(20)16-8-4-10-21-13-16)12-15-6-2-5-14(11-15)7-3-9-19/h2,5-6,11,16,19H,4,8-10,12-13H2,1H3. The lowest BCUT2D eigenvalue weighted by atomic mass is 10.0. The van der Waals surface area contributed by atoms with Gasteiger partial charge in [0.25, 0.3) is 0 Å². The van der Waals surface area contributed by atoms with Gasteiger partial charge in [0.2, 0.25) is 5.91 Å². The van der Waals surface area contributed by atoms with Gasteiger partial charge in [-0.15, -0.1) is 0 Å². The van der Waals surface area contributed by atoms with E-state index in [1.54, 1.807) is 4.90 Å². The number of ether oxygens (including phenoxy) is 1.